The summed E-state index contributed by atoms with van der Waals surface area (Å²) in [5.41, 5.74) is 0. The summed E-state index contributed by atoms with van der Waals surface area (Å²) in [5, 5.41) is 0. The van der Waals surface area contributed by atoms with Crippen molar-refractivity contribution in [3.8, 4) is 0 Å². The zero-order valence-corrected chi connectivity index (χ0v) is 27.4. The number of phosphoric acid groups is 1. The number of hydrogen-bond donors (Lipinski definition) is 2. The molecule has 1 aliphatic heterocycles. The topological polar surface area (TPSA) is 132 Å². The Morgan fingerprint density at radius 3 is 2.05 bits per heavy atom. The lowest BCUT2D eigenvalue weighted by Gasteiger charge is -2.18. The smallest absolute Gasteiger partial charge is 0.462 e. The van der Waals surface area contributed by atoms with E-state index in [0.29, 0.717) is 25.0 Å². The first-order chi connectivity index (χ1) is 20.7. The quantitative estimate of drug-likeness (QED) is 0.0290. The SMILES string of the molecule is CCCCCCCCCC(=O)O[C@H](COC(=O)CCC/C=C\C/C=C\C/C=C\CC1OC1CCCCC)COP(=O)(O)O. The molecule has 0 aromatic heterocycles. The van der Waals surface area contributed by atoms with Crippen LogP contribution in [0, 0.1) is 0 Å². The summed E-state index contributed by atoms with van der Waals surface area (Å²) in [6.07, 6.45) is 29.3. The molecule has 10 heteroatoms. The van der Waals surface area contributed by atoms with Gasteiger partial charge in [-0.3, -0.25) is 14.1 Å². The van der Waals surface area contributed by atoms with Crippen LogP contribution in [-0.4, -0.2) is 53.3 Å². The van der Waals surface area contributed by atoms with E-state index >= 15 is 0 Å². The van der Waals surface area contributed by atoms with Crippen LogP contribution in [0.3, 0.4) is 0 Å². The molecule has 0 radical (unpaired) electrons. The lowest BCUT2D eigenvalue weighted by molar-refractivity contribution is -0.161. The van der Waals surface area contributed by atoms with E-state index in [0.717, 1.165) is 44.9 Å². The van der Waals surface area contributed by atoms with Crippen molar-refractivity contribution in [2.75, 3.05) is 13.2 Å². The monoisotopic (exact) mass is 628 g/mol. The molecule has 0 saturated carbocycles. The highest BCUT2D eigenvalue weighted by atomic mass is 31.2. The van der Waals surface area contributed by atoms with Crippen LogP contribution in [0.2, 0.25) is 0 Å². The molecule has 43 heavy (non-hydrogen) atoms. The second-order valence-electron chi connectivity index (χ2n) is 11.2. The maximum absolute atomic E-state index is 12.2. The summed E-state index contributed by atoms with van der Waals surface area (Å²) < 4.78 is 31.7. The van der Waals surface area contributed by atoms with Crippen LogP contribution in [-0.2, 0) is 32.9 Å². The Hall–Kier alpha value is -1.77. The first-order valence-corrected chi connectivity index (χ1v) is 17.9. The van der Waals surface area contributed by atoms with E-state index in [-0.39, 0.29) is 19.4 Å². The molecule has 0 aromatic carbocycles. The zero-order valence-electron chi connectivity index (χ0n) is 26.5. The molecule has 0 aromatic rings. The maximum Gasteiger partial charge on any atom is 0.469 e. The van der Waals surface area contributed by atoms with Crippen molar-refractivity contribution in [2.24, 2.45) is 0 Å². The average Bonchev–Trinajstić information content (AvgIpc) is 3.72. The van der Waals surface area contributed by atoms with Gasteiger partial charge in [-0.05, 0) is 44.9 Å². The Morgan fingerprint density at radius 2 is 1.35 bits per heavy atom. The molecule has 1 fully saturated rings. The summed E-state index contributed by atoms with van der Waals surface area (Å²) in [6.45, 7) is 3.51. The lowest BCUT2D eigenvalue weighted by atomic mass is 10.1. The standard InChI is InChI=1S/C33H57O9P/c1-3-5-7-8-13-18-22-26-33(35)41-29(28-40-43(36,37)38)27-39-32(34)25-21-17-15-12-10-9-11-14-16-20-24-31-30(42-31)23-19-6-4-2/h9,11-12,15-16,20,29-31H,3-8,10,13-14,17-19,21-28H2,1-2H3,(H2,36,37,38)/b11-9-,15-12-,20-16-/t29-,30?,31?/m1/s1. The molecule has 0 amide bonds. The molecular weight excluding hydrogens is 571 g/mol. The number of allylic oxidation sites excluding steroid dienone is 5. The van der Waals surface area contributed by atoms with Gasteiger partial charge < -0.3 is 24.0 Å². The van der Waals surface area contributed by atoms with Crippen LogP contribution in [0.1, 0.15) is 129 Å². The number of phosphoric ester groups is 1. The van der Waals surface area contributed by atoms with Crippen LogP contribution in [0.15, 0.2) is 36.5 Å². The molecule has 1 heterocycles. The van der Waals surface area contributed by atoms with E-state index in [1.807, 2.05) is 6.08 Å². The van der Waals surface area contributed by atoms with Crippen LogP contribution in [0.4, 0.5) is 0 Å². The largest absolute Gasteiger partial charge is 0.469 e. The number of hydrogen-bond acceptors (Lipinski definition) is 7. The molecular formula is C33H57O9P. The fourth-order valence-electron chi connectivity index (χ4n) is 4.52. The van der Waals surface area contributed by atoms with Crippen LogP contribution in [0.5, 0.6) is 0 Å². The highest BCUT2D eigenvalue weighted by Crippen LogP contribution is 2.36. The Morgan fingerprint density at radius 1 is 0.744 bits per heavy atom. The van der Waals surface area contributed by atoms with Gasteiger partial charge in [-0.1, -0.05) is 108 Å². The maximum atomic E-state index is 12.2. The first-order valence-electron chi connectivity index (χ1n) is 16.4. The van der Waals surface area contributed by atoms with Crippen molar-refractivity contribution >= 4 is 19.8 Å². The predicted molar refractivity (Wildman–Crippen MR) is 169 cm³/mol. The molecule has 2 unspecified atom stereocenters. The molecule has 1 saturated heterocycles. The minimum Gasteiger partial charge on any atom is -0.462 e. The van der Waals surface area contributed by atoms with Crippen molar-refractivity contribution < 1.29 is 42.7 Å². The number of epoxide rings is 1. The third-order valence-electron chi connectivity index (χ3n) is 7.09. The zero-order chi connectivity index (χ0) is 31.6. The number of esters is 2. The Kier molecular flexibility index (Phi) is 23.3. The second kappa shape index (κ2) is 25.5. The summed E-state index contributed by atoms with van der Waals surface area (Å²) >= 11 is 0. The Bertz CT molecular complexity index is 864. The third kappa shape index (κ3) is 25.3. The first kappa shape index (κ1) is 39.3. The number of rotatable bonds is 28. The molecule has 9 nitrogen and oxygen atoms in total. The van der Waals surface area contributed by atoms with Crippen LogP contribution < -0.4 is 0 Å². The molecule has 248 valence electrons. The molecule has 1 aliphatic rings. The van der Waals surface area contributed by atoms with Gasteiger partial charge in [-0.2, -0.15) is 0 Å². The van der Waals surface area contributed by atoms with E-state index in [9.17, 15) is 14.2 Å². The number of unbranched alkanes of at least 4 members (excludes halogenated alkanes) is 9. The Balaban J connectivity index is 2.15. The molecule has 3 atom stereocenters. The highest BCUT2D eigenvalue weighted by Gasteiger charge is 2.36. The predicted octanol–water partition coefficient (Wildman–Crippen LogP) is 8.05. The third-order valence-corrected chi connectivity index (χ3v) is 7.57. The number of carbonyl (C=O) groups excluding carboxylic acids is 2. The van der Waals surface area contributed by atoms with Crippen molar-refractivity contribution in [1.29, 1.82) is 0 Å². The molecule has 0 spiro atoms. The molecule has 0 bridgehead atoms. The molecule has 1 rings (SSSR count). The van der Waals surface area contributed by atoms with Gasteiger partial charge in [0, 0.05) is 12.8 Å². The fourth-order valence-corrected chi connectivity index (χ4v) is 4.88. The van der Waals surface area contributed by atoms with Crippen molar-refractivity contribution in [3.05, 3.63) is 36.5 Å². The van der Waals surface area contributed by atoms with E-state index in [4.69, 9.17) is 24.0 Å². The summed E-state index contributed by atoms with van der Waals surface area (Å²) in [7, 11) is -4.75. The second-order valence-corrected chi connectivity index (χ2v) is 12.4. The highest BCUT2D eigenvalue weighted by molar-refractivity contribution is 7.46. The van der Waals surface area contributed by atoms with Gasteiger partial charge in [-0.25, -0.2) is 4.57 Å². The molecule has 2 N–H and O–H groups in total. The van der Waals surface area contributed by atoms with Crippen molar-refractivity contribution in [3.63, 3.8) is 0 Å². The minimum atomic E-state index is -4.75. The Labute approximate surface area is 259 Å². The summed E-state index contributed by atoms with van der Waals surface area (Å²) in [6, 6.07) is 0. The van der Waals surface area contributed by atoms with Gasteiger partial charge in [0.05, 0.1) is 18.8 Å². The van der Waals surface area contributed by atoms with Gasteiger partial charge in [0.15, 0.2) is 6.10 Å². The van der Waals surface area contributed by atoms with E-state index in [2.05, 4.69) is 48.8 Å². The average molecular weight is 629 g/mol. The number of ether oxygens (including phenoxy) is 3. The van der Waals surface area contributed by atoms with E-state index < -0.39 is 32.5 Å². The summed E-state index contributed by atoms with van der Waals surface area (Å²) in [4.78, 5) is 42.3. The van der Waals surface area contributed by atoms with Gasteiger partial charge in [0.1, 0.15) is 6.61 Å². The lowest BCUT2D eigenvalue weighted by Crippen LogP contribution is -2.29. The van der Waals surface area contributed by atoms with Crippen molar-refractivity contribution in [2.45, 2.75) is 148 Å². The van der Waals surface area contributed by atoms with Gasteiger partial charge in [0.2, 0.25) is 0 Å². The van der Waals surface area contributed by atoms with E-state index in [1.54, 1.807) is 0 Å². The fraction of sp³-hybridized carbons (Fsp3) is 0.758. The van der Waals surface area contributed by atoms with Gasteiger partial charge >= 0.3 is 19.8 Å². The minimum absolute atomic E-state index is 0.188. The molecule has 0 aliphatic carbocycles. The van der Waals surface area contributed by atoms with Crippen LogP contribution >= 0.6 is 7.82 Å². The van der Waals surface area contributed by atoms with Crippen molar-refractivity contribution in [1.82, 2.24) is 0 Å². The van der Waals surface area contributed by atoms with Gasteiger partial charge in [0.25, 0.3) is 0 Å². The van der Waals surface area contributed by atoms with E-state index in [1.165, 1.54) is 44.9 Å². The normalized spacial score (nSPS) is 17.7. The van der Waals surface area contributed by atoms with Gasteiger partial charge in [-0.15, -0.1) is 0 Å². The number of carbonyl (C=O) groups is 2. The summed E-state index contributed by atoms with van der Waals surface area (Å²) in [5.74, 6) is -0.966. The van der Waals surface area contributed by atoms with Crippen LogP contribution in [0.25, 0.3) is 0 Å².